The molecule has 1 nitrogen and oxygen atoms in total. The van der Waals surface area contributed by atoms with E-state index in [-0.39, 0.29) is 5.92 Å². The molecule has 0 aliphatic heterocycles. The van der Waals surface area contributed by atoms with Gasteiger partial charge in [0.05, 0.1) is 0 Å². The van der Waals surface area contributed by atoms with Crippen molar-refractivity contribution in [1.82, 2.24) is 0 Å². The Bertz CT molecular complexity index is 433. The molecule has 1 fully saturated rings. The maximum atomic E-state index is 12.4. The molecular weight excluding hydrogens is 268 g/mol. The van der Waals surface area contributed by atoms with E-state index in [1.807, 2.05) is 13.0 Å². The Morgan fingerprint density at radius 2 is 2.18 bits per heavy atom. The Morgan fingerprint density at radius 1 is 1.41 bits per heavy atom. The standard InChI is InChI=1S/C21H32O/c1-5-7-12-18(13-8-11-17(3)4)16-20-19(10-6-2)14-9-15-21(20)22/h6,8,11,17-20H,2,9-10,12-16H2,1,3-4H3/b11-8+. The van der Waals surface area contributed by atoms with E-state index in [1.165, 1.54) is 6.42 Å². The molecule has 0 saturated heterocycles. The van der Waals surface area contributed by atoms with Crippen molar-refractivity contribution >= 4 is 5.78 Å². The molecule has 0 aromatic heterocycles. The molecule has 1 aliphatic rings. The summed E-state index contributed by atoms with van der Waals surface area (Å²) in [5.74, 6) is 8.52. The van der Waals surface area contributed by atoms with Crippen LogP contribution < -0.4 is 0 Å². The third kappa shape index (κ3) is 6.65. The van der Waals surface area contributed by atoms with Crippen LogP contribution >= 0.6 is 0 Å². The summed E-state index contributed by atoms with van der Waals surface area (Å²) in [7, 11) is 0. The highest BCUT2D eigenvalue weighted by Crippen LogP contribution is 2.36. The highest BCUT2D eigenvalue weighted by Gasteiger charge is 2.32. The molecular formula is C21H32O. The summed E-state index contributed by atoms with van der Waals surface area (Å²) in [5.41, 5.74) is 0. The monoisotopic (exact) mass is 300 g/mol. The first-order chi connectivity index (χ1) is 10.6. The minimum atomic E-state index is 0.225. The van der Waals surface area contributed by atoms with Crippen molar-refractivity contribution in [2.45, 2.75) is 65.7 Å². The summed E-state index contributed by atoms with van der Waals surface area (Å²) in [4.78, 5) is 12.4. The summed E-state index contributed by atoms with van der Waals surface area (Å²) in [5, 5.41) is 0. The first-order valence-corrected chi connectivity index (χ1v) is 8.78. The normalized spacial score (nSPS) is 23.4. The van der Waals surface area contributed by atoms with Gasteiger partial charge in [0.1, 0.15) is 5.78 Å². The van der Waals surface area contributed by atoms with Crippen LogP contribution in [0.4, 0.5) is 0 Å². The Kier molecular flexibility index (Phi) is 8.90. The fourth-order valence-corrected chi connectivity index (χ4v) is 3.42. The van der Waals surface area contributed by atoms with Gasteiger partial charge in [0.2, 0.25) is 0 Å². The molecule has 1 heteroatoms. The molecule has 22 heavy (non-hydrogen) atoms. The number of rotatable bonds is 8. The molecule has 0 spiro atoms. The summed E-state index contributed by atoms with van der Waals surface area (Å²) in [6, 6.07) is 0. The molecule has 122 valence electrons. The lowest BCUT2D eigenvalue weighted by Crippen LogP contribution is -2.30. The van der Waals surface area contributed by atoms with Gasteiger partial charge in [-0.3, -0.25) is 4.79 Å². The molecule has 1 saturated carbocycles. The Balaban J connectivity index is 2.72. The van der Waals surface area contributed by atoms with E-state index >= 15 is 0 Å². The highest BCUT2D eigenvalue weighted by atomic mass is 16.1. The maximum absolute atomic E-state index is 12.4. The second-order valence-corrected chi connectivity index (χ2v) is 6.89. The average molecular weight is 300 g/mol. The van der Waals surface area contributed by atoms with Crippen LogP contribution in [0.15, 0.2) is 24.8 Å². The van der Waals surface area contributed by atoms with Crippen LogP contribution in [0.3, 0.4) is 0 Å². The molecule has 0 aromatic carbocycles. The van der Waals surface area contributed by atoms with E-state index in [2.05, 4.69) is 44.4 Å². The van der Waals surface area contributed by atoms with Gasteiger partial charge in [0.15, 0.2) is 0 Å². The smallest absolute Gasteiger partial charge is 0.136 e. The molecule has 0 aromatic rings. The fourth-order valence-electron chi connectivity index (χ4n) is 3.42. The van der Waals surface area contributed by atoms with Gasteiger partial charge in [0, 0.05) is 18.8 Å². The molecule has 0 bridgehead atoms. The molecule has 1 rings (SSSR count). The first-order valence-electron chi connectivity index (χ1n) is 8.78. The van der Waals surface area contributed by atoms with E-state index in [0.717, 1.165) is 38.5 Å². The van der Waals surface area contributed by atoms with E-state index in [0.29, 0.717) is 23.5 Å². The fraction of sp³-hybridized carbons (Fsp3) is 0.667. The Morgan fingerprint density at radius 3 is 2.82 bits per heavy atom. The number of hydrogen-bond acceptors (Lipinski definition) is 1. The lowest BCUT2D eigenvalue weighted by molar-refractivity contribution is -0.127. The maximum Gasteiger partial charge on any atom is 0.136 e. The van der Waals surface area contributed by atoms with Crippen molar-refractivity contribution in [2.24, 2.45) is 23.7 Å². The SMILES string of the molecule is C=CCC1CCCC(=O)C1CC(CC#CC)C/C=C/C(C)C. The van der Waals surface area contributed by atoms with Crippen LogP contribution in [0.2, 0.25) is 0 Å². The number of allylic oxidation sites excluding steroid dienone is 3. The number of Topliss-reactive ketones (excluding diaryl/α,β-unsaturated/α-hetero) is 1. The zero-order valence-corrected chi connectivity index (χ0v) is 14.6. The van der Waals surface area contributed by atoms with Crippen LogP contribution in [0.25, 0.3) is 0 Å². The molecule has 3 unspecified atom stereocenters. The molecule has 0 heterocycles. The zero-order chi connectivity index (χ0) is 16.4. The number of carbonyl (C=O) groups excluding carboxylic acids is 1. The molecule has 0 radical (unpaired) electrons. The van der Waals surface area contributed by atoms with Gasteiger partial charge < -0.3 is 0 Å². The van der Waals surface area contributed by atoms with Crippen molar-refractivity contribution in [2.75, 3.05) is 0 Å². The minimum Gasteiger partial charge on any atom is -0.299 e. The van der Waals surface area contributed by atoms with Crippen molar-refractivity contribution in [3.05, 3.63) is 24.8 Å². The summed E-state index contributed by atoms with van der Waals surface area (Å²) in [6.07, 6.45) is 13.4. The van der Waals surface area contributed by atoms with Gasteiger partial charge in [-0.25, -0.2) is 0 Å². The van der Waals surface area contributed by atoms with Crippen LogP contribution in [0.5, 0.6) is 0 Å². The van der Waals surface area contributed by atoms with E-state index < -0.39 is 0 Å². The predicted octanol–water partition coefficient (Wildman–Crippen LogP) is 5.57. The van der Waals surface area contributed by atoms with Gasteiger partial charge >= 0.3 is 0 Å². The third-order valence-electron chi connectivity index (χ3n) is 4.60. The van der Waals surface area contributed by atoms with Gasteiger partial charge in [-0.05, 0) is 56.8 Å². The van der Waals surface area contributed by atoms with Crippen molar-refractivity contribution in [3.8, 4) is 11.8 Å². The number of carbonyl (C=O) groups is 1. The molecule has 1 aliphatic carbocycles. The van der Waals surface area contributed by atoms with E-state index in [1.54, 1.807) is 0 Å². The van der Waals surface area contributed by atoms with Crippen molar-refractivity contribution in [1.29, 1.82) is 0 Å². The predicted molar refractivity (Wildman–Crippen MR) is 95.4 cm³/mol. The van der Waals surface area contributed by atoms with Gasteiger partial charge in [-0.2, -0.15) is 0 Å². The second-order valence-electron chi connectivity index (χ2n) is 6.89. The van der Waals surface area contributed by atoms with Crippen LogP contribution in [0, 0.1) is 35.5 Å². The topological polar surface area (TPSA) is 17.1 Å². The van der Waals surface area contributed by atoms with E-state index in [4.69, 9.17) is 0 Å². The number of hydrogen-bond donors (Lipinski definition) is 0. The highest BCUT2D eigenvalue weighted by molar-refractivity contribution is 5.82. The quantitative estimate of drug-likeness (QED) is 0.423. The second kappa shape index (κ2) is 10.4. The largest absolute Gasteiger partial charge is 0.299 e. The van der Waals surface area contributed by atoms with Gasteiger partial charge in [0.25, 0.3) is 0 Å². The lowest BCUT2D eigenvalue weighted by atomic mass is 9.72. The molecule has 3 atom stereocenters. The van der Waals surface area contributed by atoms with E-state index in [9.17, 15) is 4.79 Å². The Hall–Kier alpha value is -1.29. The number of ketones is 1. The van der Waals surface area contributed by atoms with Crippen LogP contribution in [0.1, 0.15) is 65.7 Å². The van der Waals surface area contributed by atoms with Gasteiger partial charge in [-0.1, -0.05) is 32.1 Å². The summed E-state index contributed by atoms with van der Waals surface area (Å²) >= 11 is 0. The third-order valence-corrected chi connectivity index (χ3v) is 4.60. The zero-order valence-electron chi connectivity index (χ0n) is 14.6. The van der Waals surface area contributed by atoms with Gasteiger partial charge in [-0.15, -0.1) is 18.4 Å². The van der Waals surface area contributed by atoms with Crippen LogP contribution in [-0.4, -0.2) is 5.78 Å². The van der Waals surface area contributed by atoms with Crippen molar-refractivity contribution in [3.63, 3.8) is 0 Å². The Labute approximate surface area is 137 Å². The minimum absolute atomic E-state index is 0.225. The molecule has 0 N–H and O–H groups in total. The average Bonchev–Trinajstić information content (AvgIpc) is 2.47. The first kappa shape index (κ1) is 18.8. The summed E-state index contributed by atoms with van der Waals surface area (Å²) in [6.45, 7) is 10.2. The van der Waals surface area contributed by atoms with Crippen molar-refractivity contribution < 1.29 is 4.79 Å². The van der Waals surface area contributed by atoms with Crippen LogP contribution in [-0.2, 0) is 4.79 Å². The molecule has 0 amide bonds. The summed E-state index contributed by atoms with van der Waals surface area (Å²) < 4.78 is 0. The lowest BCUT2D eigenvalue weighted by Gasteiger charge is -2.32.